The van der Waals surface area contributed by atoms with E-state index < -0.39 is 0 Å². The summed E-state index contributed by atoms with van der Waals surface area (Å²) in [6.07, 6.45) is 7.80. The molecule has 3 nitrogen and oxygen atoms in total. The van der Waals surface area contributed by atoms with Gasteiger partial charge in [-0.3, -0.25) is 0 Å². The number of nitrogens with one attached hydrogen (secondary N) is 1. The van der Waals surface area contributed by atoms with Crippen molar-refractivity contribution in [2.45, 2.75) is 62.8 Å². The standard InChI is InChI=1S/C13H23NO2/c1-11-13(7-8-15-11)10-14-9-12(16-13)5-3-2-4-6-12/h11,14H,2-10H2,1H3. The van der Waals surface area contributed by atoms with E-state index in [2.05, 4.69) is 12.2 Å². The highest BCUT2D eigenvalue weighted by atomic mass is 16.6. The van der Waals surface area contributed by atoms with Crippen LogP contribution in [-0.4, -0.2) is 37.0 Å². The minimum Gasteiger partial charge on any atom is -0.375 e. The molecule has 3 aliphatic rings. The Morgan fingerprint density at radius 2 is 1.88 bits per heavy atom. The van der Waals surface area contributed by atoms with Gasteiger partial charge < -0.3 is 14.8 Å². The summed E-state index contributed by atoms with van der Waals surface area (Å²) in [7, 11) is 0. The van der Waals surface area contributed by atoms with Crippen LogP contribution in [0.15, 0.2) is 0 Å². The lowest BCUT2D eigenvalue weighted by atomic mass is 9.81. The molecule has 16 heavy (non-hydrogen) atoms. The van der Waals surface area contributed by atoms with E-state index in [4.69, 9.17) is 9.47 Å². The van der Waals surface area contributed by atoms with Crippen molar-refractivity contribution in [2.24, 2.45) is 0 Å². The van der Waals surface area contributed by atoms with E-state index in [0.29, 0.717) is 0 Å². The second-order valence-electron chi connectivity index (χ2n) is 5.78. The quantitative estimate of drug-likeness (QED) is 0.682. The van der Waals surface area contributed by atoms with Crippen LogP contribution in [0, 0.1) is 0 Å². The first-order valence-corrected chi connectivity index (χ1v) is 6.77. The Morgan fingerprint density at radius 1 is 1.06 bits per heavy atom. The molecule has 2 unspecified atom stereocenters. The average Bonchev–Trinajstić information content (AvgIpc) is 2.61. The van der Waals surface area contributed by atoms with Crippen molar-refractivity contribution in [1.29, 1.82) is 0 Å². The Kier molecular flexibility index (Phi) is 2.73. The van der Waals surface area contributed by atoms with E-state index >= 15 is 0 Å². The molecule has 1 aliphatic carbocycles. The molecule has 0 radical (unpaired) electrons. The Bertz CT molecular complexity index is 257. The van der Waals surface area contributed by atoms with Gasteiger partial charge in [0.25, 0.3) is 0 Å². The van der Waals surface area contributed by atoms with Gasteiger partial charge in [-0.1, -0.05) is 19.3 Å². The molecule has 2 aliphatic heterocycles. The van der Waals surface area contributed by atoms with E-state index in [9.17, 15) is 0 Å². The molecule has 3 heteroatoms. The fourth-order valence-electron chi connectivity index (χ4n) is 3.61. The van der Waals surface area contributed by atoms with Gasteiger partial charge >= 0.3 is 0 Å². The predicted molar refractivity (Wildman–Crippen MR) is 62.5 cm³/mol. The summed E-state index contributed by atoms with van der Waals surface area (Å²) >= 11 is 0. The van der Waals surface area contributed by atoms with E-state index in [0.717, 1.165) is 26.1 Å². The van der Waals surface area contributed by atoms with Crippen LogP contribution >= 0.6 is 0 Å². The monoisotopic (exact) mass is 225 g/mol. The Balaban J connectivity index is 1.78. The van der Waals surface area contributed by atoms with Gasteiger partial charge in [-0.2, -0.15) is 0 Å². The highest BCUT2D eigenvalue weighted by Crippen LogP contribution is 2.42. The summed E-state index contributed by atoms with van der Waals surface area (Å²) in [5.41, 5.74) is 0.0913. The number of hydrogen-bond donors (Lipinski definition) is 1. The maximum absolute atomic E-state index is 6.59. The fourth-order valence-corrected chi connectivity index (χ4v) is 3.61. The largest absolute Gasteiger partial charge is 0.375 e. The molecule has 2 atom stereocenters. The van der Waals surface area contributed by atoms with Crippen LogP contribution in [0.25, 0.3) is 0 Å². The molecule has 2 saturated heterocycles. The van der Waals surface area contributed by atoms with Gasteiger partial charge in [-0.25, -0.2) is 0 Å². The number of morpholine rings is 1. The van der Waals surface area contributed by atoms with Gasteiger partial charge in [0, 0.05) is 26.1 Å². The molecule has 0 aromatic carbocycles. The third kappa shape index (κ3) is 1.69. The summed E-state index contributed by atoms with van der Waals surface area (Å²) in [6.45, 7) is 5.03. The molecule has 0 aromatic rings. The number of hydrogen-bond acceptors (Lipinski definition) is 3. The maximum atomic E-state index is 6.59. The van der Waals surface area contributed by atoms with Gasteiger partial charge in [0.05, 0.1) is 11.7 Å². The SMILES string of the molecule is CC1OCCC12CNCC1(CCCCC1)O2. The summed E-state index contributed by atoms with van der Waals surface area (Å²) in [5.74, 6) is 0. The summed E-state index contributed by atoms with van der Waals surface area (Å²) < 4.78 is 12.3. The first kappa shape index (κ1) is 11.0. The zero-order valence-corrected chi connectivity index (χ0v) is 10.3. The van der Waals surface area contributed by atoms with Crippen molar-refractivity contribution in [3.05, 3.63) is 0 Å². The molecule has 2 heterocycles. The zero-order chi connectivity index (χ0) is 11.1. The van der Waals surface area contributed by atoms with Crippen LogP contribution in [0.3, 0.4) is 0 Å². The molecule has 0 amide bonds. The van der Waals surface area contributed by atoms with Crippen LogP contribution in [0.5, 0.6) is 0 Å². The topological polar surface area (TPSA) is 30.5 Å². The molecule has 0 bridgehead atoms. The van der Waals surface area contributed by atoms with Crippen LogP contribution in [0.2, 0.25) is 0 Å². The first-order chi connectivity index (χ1) is 7.75. The molecule has 92 valence electrons. The summed E-state index contributed by atoms with van der Waals surface area (Å²) in [4.78, 5) is 0. The lowest BCUT2D eigenvalue weighted by Gasteiger charge is -2.50. The smallest absolute Gasteiger partial charge is 0.109 e. The molecule has 3 rings (SSSR count). The Hall–Kier alpha value is -0.120. The second-order valence-corrected chi connectivity index (χ2v) is 5.78. The highest BCUT2D eigenvalue weighted by Gasteiger charge is 2.51. The van der Waals surface area contributed by atoms with Crippen molar-refractivity contribution in [2.75, 3.05) is 19.7 Å². The van der Waals surface area contributed by atoms with E-state index in [1.165, 1.54) is 32.1 Å². The van der Waals surface area contributed by atoms with Gasteiger partial charge in [0.15, 0.2) is 0 Å². The minimum absolute atomic E-state index is 0.0322. The van der Waals surface area contributed by atoms with Crippen molar-refractivity contribution < 1.29 is 9.47 Å². The van der Waals surface area contributed by atoms with E-state index in [1.54, 1.807) is 0 Å². The Morgan fingerprint density at radius 3 is 2.56 bits per heavy atom. The van der Waals surface area contributed by atoms with Crippen molar-refractivity contribution in [1.82, 2.24) is 5.32 Å². The average molecular weight is 225 g/mol. The summed E-state index contributed by atoms with van der Waals surface area (Å²) in [6, 6.07) is 0. The molecular formula is C13H23NO2. The summed E-state index contributed by atoms with van der Waals surface area (Å²) in [5, 5.41) is 3.60. The highest BCUT2D eigenvalue weighted by molar-refractivity contribution is 5.02. The lowest BCUT2D eigenvalue weighted by Crippen LogP contribution is -2.63. The van der Waals surface area contributed by atoms with Crippen LogP contribution in [0.1, 0.15) is 45.4 Å². The number of rotatable bonds is 0. The molecule has 0 aromatic heterocycles. The van der Waals surface area contributed by atoms with Gasteiger partial charge in [-0.05, 0) is 19.8 Å². The normalized spacial score (nSPS) is 42.9. The maximum Gasteiger partial charge on any atom is 0.109 e. The van der Waals surface area contributed by atoms with Crippen molar-refractivity contribution in [3.63, 3.8) is 0 Å². The van der Waals surface area contributed by atoms with Crippen LogP contribution < -0.4 is 5.32 Å². The van der Waals surface area contributed by atoms with Crippen molar-refractivity contribution >= 4 is 0 Å². The first-order valence-electron chi connectivity index (χ1n) is 6.77. The van der Waals surface area contributed by atoms with Crippen LogP contribution in [0.4, 0.5) is 0 Å². The van der Waals surface area contributed by atoms with Gasteiger partial charge in [-0.15, -0.1) is 0 Å². The molecule has 3 fully saturated rings. The lowest BCUT2D eigenvalue weighted by molar-refractivity contribution is -0.206. The second kappa shape index (κ2) is 3.97. The zero-order valence-electron chi connectivity index (χ0n) is 10.3. The van der Waals surface area contributed by atoms with E-state index in [1.807, 2.05) is 0 Å². The third-order valence-electron chi connectivity index (χ3n) is 4.69. The molecule has 1 N–H and O–H groups in total. The third-order valence-corrected chi connectivity index (χ3v) is 4.69. The predicted octanol–water partition coefficient (Wildman–Crippen LogP) is 1.86. The van der Waals surface area contributed by atoms with Gasteiger partial charge in [0.2, 0.25) is 0 Å². The number of ether oxygens (including phenoxy) is 2. The van der Waals surface area contributed by atoms with Crippen LogP contribution in [-0.2, 0) is 9.47 Å². The molecule has 2 spiro atoms. The molecule has 1 saturated carbocycles. The molecular weight excluding hydrogens is 202 g/mol. The fraction of sp³-hybridized carbons (Fsp3) is 1.00. The van der Waals surface area contributed by atoms with E-state index in [-0.39, 0.29) is 17.3 Å². The van der Waals surface area contributed by atoms with Gasteiger partial charge in [0.1, 0.15) is 5.60 Å². The minimum atomic E-state index is -0.0322. The van der Waals surface area contributed by atoms with Crippen molar-refractivity contribution in [3.8, 4) is 0 Å². The Labute approximate surface area is 97.9 Å².